The summed E-state index contributed by atoms with van der Waals surface area (Å²) in [7, 11) is 1.57. The van der Waals surface area contributed by atoms with Crippen LogP contribution in [0.3, 0.4) is 0 Å². The maximum atomic E-state index is 13.7. The van der Waals surface area contributed by atoms with Crippen molar-refractivity contribution in [2.75, 3.05) is 13.7 Å². The number of benzene rings is 2. The zero-order chi connectivity index (χ0) is 27.5. The Morgan fingerprint density at radius 3 is 2.41 bits per heavy atom. The highest BCUT2D eigenvalue weighted by molar-refractivity contribution is 7.07. The van der Waals surface area contributed by atoms with Crippen LogP contribution in [0.15, 0.2) is 92.4 Å². The molecule has 4 aromatic rings. The van der Waals surface area contributed by atoms with E-state index < -0.39 is 18.0 Å². The Morgan fingerprint density at radius 2 is 1.77 bits per heavy atom. The third-order valence-corrected chi connectivity index (χ3v) is 7.04. The molecule has 1 aliphatic heterocycles. The lowest BCUT2D eigenvalue weighted by molar-refractivity contribution is -0.139. The number of thiazole rings is 1. The van der Waals surface area contributed by atoms with E-state index in [4.69, 9.17) is 18.6 Å². The summed E-state index contributed by atoms with van der Waals surface area (Å²) >= 11 is 1.23. The summed E-state index contributed by atoms with van der Waals surface area (Å²) in [6, 6.07) is 16.3. The largest absolute Gasteiger partial charge is 0.497 e. The molecule has 0 saturated carbocycles. The number of carbonyl (C=O) groups is 2. The Morgan fingerprint density at radius 1 is 1.05 bits per heavy atom. The van der Waals surface area contributed by atoms with Crippen molar-refractivity contribution < 1.29 is 28.2 Å². The predicted molar refractivity (Wildman–Crippen MR) is 144 cm³/mol. The Kier molecular flexibility index (Phi) is 7.29. The first-order valence-electron chi connectivity index (χ1n) is 12.1. The maximum Gasteiger partial charge on any atom is 0.379 e. The van der Waals surface area contributed by atoms with Crippen molar-refractivity contribution in [3.8, 4) is 11.5 Å². The van der Waals surface area contributed by atoms with Gasteiger partial charge in [-0.05, 0) is 67.4 Å². The third-order valence-electron chi connectivity index (χ3n) is 6.06. The average molecular weight is 545 g/mol. The molecule has 0 unspecified atom stereocenters. The maximum absolute atomic E-state index is 13.7. The number of methoxy groups -OCH3 is 1. The van der Waals surface area contributed by atoms with E-state index in [1.165, 1.54) is 28.2 Å². The van der Waals surface area contributed by atoms with Gasteiger partial charge in [-0.15, -0.1) is 0 Å². The number of rotatable bonds is 7. The second-order valence-corrected chi connectivity index (χ2v) is 9.52. The molecule has 1 aliphatic rings. The summed E-state index contributed by atoms with van der Waals surface area (Å²) in [6.07, 6.45) is 3.13. The molecule has 0 aliphatic carbocycles. The number of hydrogen-bond acceptors (Lipinski definition) is 9. The van der Waals surface area contributed by atoms with E-state index in [0.717, 1.165) is 11.1 Å². The number of fused-ring (bicyclic) bond motifs is 1. The lowest BCUT2D eigenvalue weighted by Gasteiger charge is -2.24. The Hall–Kier alpha value is -4.70. The van der Waals surface area contributed by atoms with E-state index in [1.54, 1.807) is 69.5 Å². The van der Waals surface area contributed by atoms with Crippen molar-refractivity contribution >= 4 is 29.4 Å². The molecule has 5 rings (SSSR count). The van der Waals surface area contributed by atoms with E-state index in [9.17, 15) is 14.4 Å². The second-order valence-electron chi connectivity index (χ2n) is 8.51. The van der Waals surface area contributed by atoms with Crippen LogP contribution in [0, 0.1) is 0 Å². The minimum Gasteiger partial charge on any atom is -0.497 e. The first-order chi connectivity index (χ1) is 18.9. The minimum absolute atomic E-state index is 0.101. The van der Waals surface area contributed by atoms with Crippen LogP contribution in [0.2, 0.25) is 0 Å². The monoisotopic (exact) mass is 544 g/mol. The van der Waals surface area contributed by atoms with Gasteiger partial charge in [0.1, 0.15) is 11.5 Å². The molecule has 9 nitrogen and oxygen atoms in total. The van der Waals surface area contributed by atoms with Crippen LogP contribution < -0.4 is 24.4 Å². The van der Waals surface area contributed by atoms with E-state index in [2.05, 4.69) is 4.99 Å². The standard InChI is InChI=1S/C29H24N2O7S/c1-4-36-28(34)24-17(2)30-29-31(25(24)19-9-13-20(35-3)14-10-19)26(32)23(39-29)16-18-7-11-21(12-8-18)38-27(33)22-6-5-15-37-22/h5-16,25H,4H2,1-3H3/t25-/m1/s1. The van der Waals surface area contributed by atoms with Crippen molar-refractivity contribution in [1.82, 2.24) is 4.57 Å². The van der Waals surface area contributed by atoms with Gasteiger partial charge in [-0.3, -0.25) is 9.36 Å². The van der Waals surface area contributed by atoms with E-state index in [0.29, 0.717) is 32.1 Å². The fourth-order valence-corrected chi connectivity index (χ4v) is 5.28. The summed E-state index contributed by atoms with van der Waals surface area (Å²) in [5.41, 5.74) is 1.96. The number of carbonyl (C=O) groups excluding carboxylic acids is 2. The molecule has 10 heteroatoms. The quantitative estimate of drug-likeness (QED) is 0.258. The molecule has 2 aromatic heterocycles. The van der Waals surface area contributed by atoms with Crippen molar-refractivity contribution in [3.05, 3.63) is 115 Å². The van der Waals surface area contributed by atoms with Gasteiger partial charge in [0.25, 0.3) is 5.56 Å². The van der Waals surface area contributed by atoms with Crippen molar-refractivity contribution in [2.24, 2.45) is 4.99 Å². The summed E-state index contributed by atoms with van der Waals surface area (Å²) in [4.78, 5) is 43.9. The first-order valence-corrected chi connectivity index (χ1v) is 12.9. The molecule has 198 valence electrons. The highest BCUT2D eigenvalue weighted by Gasteiger charge is 2.33. The molecule has 2 aromatic carbocycles. The average Bonchev–Trinajstić information content (AvgIpc) is 3.58. The van der Waals surface area contributed by atoms with Gasteiger partial charge in [0.2, 0.25) is 5.76 Å². The van der Waals surface area contributed by atoms with Crippen LogP contribution in [0.5, 0.6) is 11.5 Å². The van der Waals surface area contributed by atoms with Crippen molar-refractivity contribution in [1.29, 1.82) is 0 Å². The Labute approximate surface area is 226 Å². The van der Waals surface area contributed by atoms with Gasteiger partial charge in [-0.25, -0.2) is 14.6 Å². The van der Waals surface area contributed by atoms with Crippen molar-refractivity contribution in [3.63, 3.8) is 0 Å². The molecular formula is C29H24N2O7S. The van der Waals surface area contributed by atoms with Crippen LogP contribution >= 0.6 is 11.3 Å². The van der Waals surface area contributed by atoms with Gasteiger partial charge < -0.3 is 18.6 Å². The summed E-state index contributed by atoms with van der Waals surface area (Å²) in [5.74, 6) is -0.0305. The molecule has 39 heavy (non-hydrogen) atoms. The molecule has 0 saturated heterocycles. The Bertz CT molecular complexity index is 1730. The fourth-order valence-electron chi connectivity index (χ4n) is 4.23. The predicted octanol–water partition coefficient (Wildman–Crippen LogP) is 3.62. The Balaban J connectivity index is 1.53. The van der Waals surface area contributed by atoms with Crippen LogP contribution in [0.25, 0.3) is 6.08 Å². The van der Waals surface area contributed by atoms with Gasteiger partial charge in [-0.2, -0.15) is 0 Å². The SMILES string of the molecule is CCOC(=O)C1=C(C)N=c2sc(=Cc3ccc(OC(=O)c4ccco4)cc3)c(=O)n2[C@@H]1c1ccc(OC)cc1. The summed E-state index contributed by atoms with van der Waals surface area (Å²) in [6.45, 7) is 3.67. The van der Waals surface area contributed by atoms with Gasteiger partial charge in [-0.1, -0.05) is 35.6 Å². The number of furan rings is 1. The third kappa shape index (κ3) is 5.19. The first kappa shape index (κ1) is 25.9. The van der Waals surface area contributed by atoms with Crippen LogP contribution in [-0.4, -0.2) is 30.2 Å². The van der Waals surface area contributed by atoms with Crippen molar-refractivity contribution in [2.45, 2.75) is 19.9 Å². The number of hydrogen-bond donors (Lipinski definition) is 0. The molecule has 1 atom stereocenters. The molecule has 0 amide bonds. The summed E-state index contributed by atoms with van der Waals surface area (Å²) in [5, 5.41) is 0. The van der Waals surface area contributed by atoms with Gasteiger partial charge in [0, 0.05) is 0 Å². The molecule has 0 N–H and O–H groups in total. The highest BCUT2D eigenvalue weighted by atomic mass is 32.1. The smallest absolute Gasteiger partial charge is 0.379 e. The number of aromatic nitrogens is 1. The molecule has 3 heterocycles. The van der Waals surface area contributed by atoms with Crippen LogP contribution in [0.1, 0.15) is 41.6 Å². The molecule has 0 spiro atoms. The zero-order valence-corrected chi connectivity index (χ0v) is 22.2. The number of esters is 2. The van der Waals surface area contributed by atoms with E-state index in [-0.39, 0.29) is 17.9 Å². The highest BCUT2D eigenvalue weighted by Crippen LogP contribution is 2.31. The second kappa shape index (κ2) is 11.0. The lowest BCUT2D eigenvalue weighted by Crippen LogP contribution is -2.39. The zero-order valence-electron chi connectivity index (χ0n) is 21.4. The summed E-state index contributed by atoms with van der Waals surface area (Å²) < 4.78 is 22.9. The number of ether oxygens (including phenoxy) is 3. The topological polar surface area (TPSA) is 109 Å². The fraction of sp³-hybridized carbons (Fsp3) is 0.172. The lowest BCUT2D eigenvalue weighted by atomic mass is 9.96. The van der Waals surface area contributed by atoms with Gasteiger partial charge >= 0.3 is 11.9 Å². The number of nitrogens with zero attached hydrogens (tertiary/aromatic N) is 2. The molecular weight excluding hydrogens is 520 g/mol. The molecule has 0 bridgehead atoms. The molecule has 0 fully saturated rings. The van der Waals surface area contributed by atoms with E-state index >= 15 is 0 Å². The molecule has 0 radical (unpaired) electrons. The van der Waals surface area contributed by atoms with Gasteiger partial charge in [0.15, 0.2) is 4.80 Å². The number of allylic oxidation sites excluding steroid dienone is 1. The van der Waals surface area contributed by atoms with Crippen LogP contribution in [-0.2, 0) is 9.53 Å². The normalized spacial score (nSPS) is 14.9. The van der Waals surface area contributed by atoms with Gasteiger partial charge in [0.05, 0.1) is 41.8 Å². The van der Waals surface area contributed by atoms with Crippen LogP contribution in [0.4, 0.5) is 0 Å². The van der Waals surface area contributed by atoms with E-state index in [1.807, 2.05) is 12.1 Å². The minimum atomic E-state index is -0.711.